The first-order valence-corrected chi connectivity index (χ1v) is 11.4. The van der Waals surface area contributed by atoms with E-state index in [2.05, 4.69) is 15.5 Å². The fraction of sp³-hybridized carbons (Fsp3) is 0.286. The second kappa shape index (κ2) is 10.1. The molecule has 9 heteroatoms. The number of amides is 1. The van der Waals surface area contributed by atoms with E-state index in [1.165, 1.54) is 11.8 Å². The summed E-state index contributed by atoms with van der Waals surface area (Å²) >= 11 is 19.9. The highest BCUT2D eigenvalue weighted by Gasteiger charge is 2.26. The number of hydrogen-bond donors (Lipinski definition) is 1. The SMILES string of the molecule is CC(C)C(NC(=O)c1ccccc1Cl)c1nnc(SCc2ccc(Cl)cc2Cl)n1C. The third-order valence-corrected chi connectivity index (χ3v) is 6.58. The van der Waals surface area contributed by atoms with Gasteiger partial charge in [-0.3, -0.25) is 4.79 Å². The highest BCUT2D eigenvalue weighted by atomic mass is 35.5. The van der Waals surface area contributed by atoms with Gasteiger partial charge in [-0.1, -0.05) is 78.6 Å². The summed E-state index contributed by atoms with van der Waals surface area (Å²) in [6.07, 6.45) is 0. The van der Waals surface area contributed by atoms with Crippen molar-refractivity contribution in [3.05, 3.63) is 74.5 Å². The average molecular weight is 484 g/mol. The minimum Gasteiger partial charge on any atom is -0.342 e. The van der Waals surface area contributed by atoms with Crippen molar-refractivity contribution in [1.82, 2.24) is 20.1 Å². The van der Waals surface area contributed by atoms with Gasteiger partial charge >= 0.3 is 0 Å². The first-order valence-electron chi connectivity index (χ1n) is 9.29. The molecular weight excluding hydrogens is 463 g/mol. The van der Waals surface area contributed by atoms with E-state index in [1.54, 1.807) is 30.3 Å². The van der Waals surface area contributed by atoms with E-state index >= 15 is 0 Å². The van der Waals surface area contributed by atoms with Crippen LogP contribution in [0.3, 0.4) is 0 Å². The highest BCUT2D eigenvalue weighted by molar-refractivity contribution is 7.98. The van der Waals surface area contributed by atoms with Crippen LogP contribution in [0.1, 0.15) is 41.6 Å². The molecule has 0 aliphatic carbocycles. The Bertz CT molecular complexity index is 1050. The van der Waals surface area contributed by atoms with E-state index in [4.69, 9.17) is 34.8 Å². The van der Waals surface area contributed by atoms with Crippen molar-refractivity contribution in [2.75, 3.05) is 0 Å². The fourth-order valence-electron chi connectivity index (χ4n) is 2.90. The van der Waals surface area contributed by atoms with E-state index < -0.39 is 0 Å². The summed E-state index contributed by atoms with van der Waals surface area (Å²) in [4.78, 5) is 12.8. The van der Waals surface area contributed by atoms with E-state index in [0.717, 1.165) is 10.7 Å². The van der Waals surface area contributed by atoms with Gasteiger partial charge in [0.1, 0.15) is 0 Å². The lowest BCUT2D eigenvalue weighted by Gasteiger charge is -2.22. The van der Waals surface area contributed by atoms with E-state index in [9.17, 15) is 4.79 Å². The zero-order valence-electron chi connectivity index (χ0n) is 16.7. The summed E-state index contributed by atoms with van der Waals surface area (Å²) in [6, 6.07) is 12.1. The Morgan fingerprint density at radius 3 is 2.50 bits per heavy atom. The minimum absolute atomic E-state index is 0.0999. The van der Waals surface area contributed by atoms with Gasteiger partial charge in [0, 0.05) is 22.8 Å². The van der Waals surface area contributed by atoms with Gasteiger partial charge in [0.25, 0.3) is 5.91 Å². The number of carbonyl (C=O) groups is 1. The molecule has 1 N–H and O–H groups in total. The Balaban J connectivity index is 1.77. The van der Waals surface area contributed by atoms with Gasteiger partial charge in [0.15, 0.2) is 11.0 Å². The molecule has 2 aromatic carbocycles. The lowest BCUT2D eigenvalue weighted by Crippen LogP contribution is -2.33. The van der Waals surface area contributed by atoms with E-state index in [-0.39, 0.29) is 17.9 Å². The van der Waals surface area contributed by atoms with E-state index in [1.807, 2.05) is 37.6 Å². The van der Waals surface area contributed by atoms with Crippen LogP contribution in [0, 0.1) is 5.92 Å². The number of aromatic nitrogens is 3. The van der Waals surface area contributed by atoms with Gasteiger partial charge in [-0.25, -0.2) is 0 Å². The van der Waals surface area contributed by atoms with Gasteiger partial charge in [0.05, 0.1) is 16.6 Å². The number of nitrogens with zero attached hydrogens (tertiary/aromatic N) is 3. The van der Waals surface area contributed by atoms with Crippen molar-refractivity contribution in [3.63, 3.8) is 0 Å². The molecule has 1 aromatic heterocycles. The number of benzene rings is 2. The largest absolute Gasteiger partial charge is 0.342 e. The van der Waals surface area contributed by atoms with Crippen molar-refractivity contribution in [1.29, 1.82) is 0 Å². The predicted molar refractivity (Wildman–Crippen MR) is 124 cm³/mol. The number of hydrogen-bond acceptors (Lipinski definition) is 4. The molecule has 0 radical (unpaired) electrons. The average Bonchev–Trinajstić information content (AvgIpc) is 3.05. The summed E-state index contributed by atoms with van der Waals surface area (Å²) in [5.74, 6) is 1.16. The lowest BCUT2D eigenvalue weighted by molar-refractivity contribution is 0.0922. The van der Waals surface area contributed by atoms with Crippen molar-refractivity contribution in [2.45, 2.75) is 30.8 Å². The third-order valence-electron chi connectivity index (χ3n) is 4.59. The molecule has 1 heterocycles. The summed E-state index contributed by atoms with van der Waals surface area (Å²) in [7, 11) is 1.89. The zero-order chi connectivity index (χ0) is 21.8. The topological polar surface area (TPSA) is 59.8 Å². The maximum absolute atomic E-state index is 12.8. The van der Waals surface area contributed by atoms with Crippen LogP contribution in [0.2, 0.25) is 15.1 Å². The summed E-state index contributed by atoms with van der Waals surface area (Å²) < 4.78 is 1.89. The van der Waals surface area contributed by atoms with Gasteiger partial charge < -0.3 is 9.88 Å². The third kappa shape index (κ3) is 5.30. The number of thioether (sulfide) groups is 1. The molecule has 5 nitrogen and oxygen atoms in total. The van der Waals surface area contributed by atoms with E-state index in [0.29, 0.717) is 32.2 Å². The second-order valence-electron chi connectivity index (χ2n) is 7.10. The van der Waals surface area contributed by atoms with Crippen LogP contribution in [0.4, 0.5) is 0 Å². The lowest BCUT2D eigenvalue weighted by atomic mass is 10.0. The Kier molecular flexibility index (Phi) is 7.69. The molecule has 3 aromatic rings. The molecule has 1 amide bonds. The molecule has 30 heavy (non-hydrogen) atoms. The Hall–Kier alpha value is -1.73. The van der Waals surface area contributed by atoms with Crippen LogP contribution >= 0.6 is 46.6 Å². The normalized spacial score (nSPS) is 12.2. The molecule has 158 valence electrons. The number of rotatable bonds is 7. The highest BCUT2D eigenvalue weighted by Crippen LogP contribution is 2.30. The van der Waals surface area contributed by atoms with Crippen molar-refractivity contribution in [2.24, 2.45) is 13.0 Å². The van der Waals surface area contributed by atoms with Crippen LogP contribution in [-0.4, -0.2) is 20.7 Å². The summed E-state index contributed by atoms with van der Waals surface area (Å²) in [6.45, 7) is 4.04. The first kappa shape index (κ1) is 22.9. The molecule has 0 bridgehead atoms. The number of nitrogens with one attached hydrogen (secondary N) is 1. The second-order valence-corrected chi connectivity index (χ2v) is 9.29. The molecule has 0 saturated carbocycles. The smallest absolute Gasteiger partial charge is 0.253 e. The summed E-state index contributed by atoms with van der Waals surface area (Å²) in [5.41, 5.74) is 1.39. The van der Waals surface area contributed by atoms with Crippen molar-refractivity contribution in [3.8, 4) is 0 Å². The van der Waals surface area contributed by atoms with Crippen LogP contribution in [0.15, 0.2) is 47.6 Å². The number of carbonyl (C=O) groups excluding carboxylic acids is 1. The van der Waals surface area contributed by atoms with Gasteiger partial charge in [-0.15, -0.1) is 10.2 Å². The molecule has 1 atom stereocenters. The Morgan fingerprint density at radius 2 is 1.83 bits per heavy atom. The zero-order valence-corrected chi connectivity index (χ0v) is 19.8. The molecule has 0 spiro atoms. The Morgan fingerprint density at radius 1 is 1.10 bits per heavy atom. The Labute approximate surface area is 195 Å². The standard InChI is InChI=1S/C21H21Cl3N4OS/c1-12(2)18(25-20(29)15-6-4-5-7-16(15)23)19-26-27-21(28(19)3)30-11-13-8-9-14(22)10-17(13)24/h4-10,12,18H,11H2,1-3H3,(H,25,29). The van der Waals surface area contributed by atoms with Gasteiger partial charge in [-0.05, 0) is 35.7 Å². The molecule has 0 fully saturated rings. The van der Waals surface area contributed by atoms with Crippen molar-refractivity contribution >= 4 is 52.5 Å². The first-order chi connectivity index (χ1) is 14.3. The maximum Gasteiger partial charge on any atom is 0.253 e. The molecule has 0 aliphatic rings. The van der Waals surface area contributed by atoms with Gasteiger partial charge in [-0.2, -0.15) is 0 Å². The maximum atomic E-state index is 12.8. The number of halogens is 3. The molecular formula is C21H21Cl3N4OS. The predicted octanol–water partition coefficient (Wildman–Crippen LogP) is 6.19. The molecule has 0 aliphatic heterocycles. The monoisotopic (exact) mass is 482 g/mol. The summed E-state index contributed by atoms with van der Waals surface area (Å²) in [5, 5.41) is 14.1. The quantitative estimate of drug-likeness (QED) is 0.407. The van der Waals surface area contributed by atoms with Crippen molar-refractivity contribution < 1.29 is 4.79 Å². The van der Waals surface area contributed by atoms with Crippen LogP contribution in [-0.2, 0) is 12.8 Å². The fourth-order valence-corrected chi connectivity index (χ4v) is 4.60. The molecule has 3 rings (SSSR count). The van der Waals surface area contributed by atoms with Gasteiger partial charge in [0.2, 0.25) is 0 Å². The molecule has 0 saturated heterocycles. The minimum atomic E-state index is -0.320. The van der Waals surface area contributed by atoms with Crippen LogP contribution in [0.25, 0.3) is 0 Å². The molecule has 1 unspecified atom stereocenters. The van der Waals surface area contributed by atoms with Crippen LogP contribution in [0.5, 0.6) is 0 Å². The van der Waals surface area contributed by atoms with Crippen LogP contribution < -0.4 is 5.32 Å².